The van der Waals surface area contributed by atoms with Crippen LogP contribution in [0.2, 0.25) is 0 Å². The second kappa shape index (κ2) is 6.56. The summed E-state index contributed by atoms with van der Waals surface area (Å²) in [5.41, 5.74) is 3.33. The third kappa shape index (κ3) is 2.96. The average molecular weight is 327 g/mol. The summed E-state index contributed by atoms with van der Waals surface area (Å²) in [6.07, 6.45) is 0.522. The Morgan fingerprint density at radius 2 is 1.20 bits per heavy atom. The molecule has 0 spiro atoms. The van der Waals surface area contributed by atoms with Gasteiger partial charge >= 0.3 is 0 Å². The number of likely N-dealkylation sites (tertiary alicyclic amines) is 1. The normalized spacial score (nSPS) is 16.2. The number of rotatable bonds is 4. The van der Waals surface area contributed by atoms with Crippen molar-refractivity contribution in [3.63, 3.8) is 0 Å². The summed E-state index contributed by atoms with van der Waals surface area (Å²) < 4.78 is 0. The number of hydrogen-bond donors (Lipinski definition) is 0. The fourth-order valence-electron chi connectivity index (χ4n) is 3.86. The van der Waals surface area contributed by atoms with Crippen LogP contribution in [0.25, 0.3) is 0 Å². The van der Waals surface area contributed by atoms with Crippen molar-refractivity contribution in [1.29, 1.82) is 0 Å². The van der Waals surface area contributed by atoms with Gasteiger partial charge in [0.15, 0.2) is 0 Å². The summed E-state index contributed by atoms with van der Waals surface area (Å²) in [5, 5.41) is 0. The molecule has 3 aromatic carbocycles. The van der Waals surface area contributed by atoms with Gasteiger partial charge in [-0.25, -0.2) is 0 Å². The molecule has 1 saturated heterocycles. The number of carbonyl (C=O) groups excluding carboxylic acids is 1. The molecule has 1 amide bonds. The molecule has 25 heavy (non-hydrogen) atoms. The highest BCUT2D eigenvalue weighted by molar-refractivity contribution is 5.82. The Morgan fingerprint density at radius 1 is 0.720 bits per heavy atom. The van der Waals surface area contributed by atoms with E-state index in [0.29, 0.717) is 13.0 Å². The van der Waals surface area contributed by atoms with Crippen LogP contribution in [0.15, 0.2) is 91.0 Å². The highest BCUT2D eigenvalue weighted by Gasteiger charge is 2.45. The van der Waals surface area contributed by atoms with Gasteiger partial charge in [0.05, 0.1) is 0 Å². The van der Waals surface area contributed by atoms with Gasteiger partial charge in [0.2, 0.25) is 5.91 Å². The lowest BCUT2D eigenvalue weighted by Gasteiger charge is -2.30. The molecular formula is C23H21NO. The van der Waals surface area contributed by atoms with Gasteiger partial charge < -0.3 is 4.90 Å². The third-order valence-corrected chi connectivity index (χ3v) is 5.14. The summed E-state index contributed by atoms with van der Waals surface area (Å²) in [4.78, 5) is 14.9. The van der Waals surface area contributed by atoms with Crippen LogP contribution in [-0.4, -0.2) is 17.4 Å². The largest absolute Gasteiger partial charge is 0.337 e. The highest BCUT2D eigenvalue weighted by atomic mass is 16.2. The van der Waals surface area contributed by atoms with Gasteiger partial charge in [-0.2, -0.15) is 0 Å². The van der Waals surface area contributed by atoms with Gasteiger partial charge in [-0.05, 0) is 16.7 Å². The van der Waals surface area contributed by atoms with Crippen LogP contribution in [-0.2, 0) is 16.8 Å². The summed E-state index contributed by atoms with van der Waals surface area (Å²) in [6, 6.07) is 31.1. The molecule has 0 aliphatic carbocycles. The summed E-state index contributed by atoms with van der Waals surface area (Å²) in [7, 11) is 0. The van der Waals surface area contributed by atoms with E-state index in [0.717, 1.165) is 6.54 Å². The Hall–Kier alpha value is -2.87. The Kier molecular flexibility index (Phi) is 4.10. The van der Waals surface area contributed by atoms with Crippen LogP contribution in [0, 0.1) is 0 Å². The first-order chi connectivity index (χ1) is 12.3. The van der Waals surface area contributed by atoms with Crippen molar-refractivity contribution in [2.75, 3.05) is 6.54 Å². The van der Waals surface area contributed by atoms with Gasteiger partial charge in [0.1, 0.15) is 0 Å². The Labute approximate surface area is 148 Å². The zero-order valence-electron chi connectivity index (χ0n) is 14.1. The summed E-state index contributed by atoms with van der Waals surface area (Å²) in [6.45, 7) is 1.38. The number of nitrogens with zero attached hydrogens (tertiary/aromatic N) is 1. The van der Waals surface area contributed by atoms with E-state index in [9.17, 15) is 4.79 Å². The molecule has 3 aromatic rings. The van der Waals surface area contributed by atoms with Crippen molar-refractivity contribution in [1.82, 2.24) is 4.90 Å². The van der Waals surface area contributed by atoms with E-state index >= 15 is 0 Å². The fourth-order valence-corrected chi connectivity index (χ4v) is 3.86. The van der Waals surface area contributed by atoms with E-state index in [-0.39, 0.29) is 11.3 Å². The fraction of sp³-hybridized carbons (Fsp3) is 0.174. The summed E-state index contributed by atoms with van der Waals surface area (Å²) >= 11 is 0. The first-order valence-corrected chi connectivity index (χ1v) is 8.71. The SMILES string of the molecule is O=C1CC(c2ccccc2)(c2ccccc2)CN1Cc1ccccc1. The quantitative estimate of drug-likeness (QED) is 0.695. The third-order valence-electron chi connectivity index (χ3n) is 5.14. The summed E-state index contributed by atoms with van der Waals surface area (Å²) in [5.74, 6) is 0.219. The lowest BCUT2D eigenvalue weighted by molar-refractivity contribution is -0.128. The first-order valence-electron chi connectivity index (χ1n) is 8.71. The predicted molar refractivity (Wildman–Crippen MR) is 100 cm³/mol. The molecule has 2 heteroatoms. The van der Waals surface area contributed by atoms with Crippen LogP contribution in [0.3, 0.4) is 0 Å². The lowest BCUT2D eigenvalue weighted by Crippen LogP contribution is -2.32. The molecule has 0 unspecified atom stereocenters. The molecule has 1 heterocycles. The van der Waals surface area contributed by atoms with Crippen molar-refractivity contribution in [2.24, 2.45) is 0 Å². The molecule has 0 N–H and O–H groups in total. The average Bonchev–Trinajstić information content (AvgIpc) is 3.01. The first kappa shape index (κ1) is 15.6. The lowest BCUT2D eigenvalue weighted by atomic mass is 9.74. The maximum atomic E-state index is 12.9. The van der Waals surface area contributed by atoms with Crippen LogP contribution in [0.4, 0.5) is 0 Å². The van der Waals surface area contributed by atoms with E-state index in [1.165, 1.54) is 16.7 Å². The van der Waals surface area contributed by atoms with E-state index in [4.69, 9.17) is 0 Å². The van der Waals surface area contributed by atoms with E-state index in [1.54, 1.807) is 0 Å². The standard InChI is InChI=1S/C23H21NO/c25-22-16-23(20-12-6-2-7-13-20,21-14-8-3-9-15-21)18-24(22)17-19-10-4-1-5-11-19/h1-15H,16-18H2. The molecular weight excluding hydrogens is 306 g/mol. The van der Waals surface area contributed by atoms with Gasteiger partial charge in [-0.3, -0.25) is 4.79 Å². The second-order valence-electron chi connectivity index (χ2n) is 6.73. The molecule has 0 aromatic heterocycles. The van der Waals surface area contributed by atoms with Crippen molar-refractivity contribution in [3.8, 4) is 0 Å². The van der Waals surface area contributed by atoms with Crippen LogP contribution in [0.5, 0.6) is 0 Å². The molecule has 2 nitrogen and oxygen atoms in total. The van der Waals surface area contributed by atoms with Crippen LogP contribution >= 0.6 is 0 Å². The minimum absolute atomic E-state index is 0.219. The molecule has 124 valence electrons. The van der Waals surface area contributed by atoms with Crippen molar-refractivity contribution in [2.45, 2.75) is 18.4 Å². The molecule has 0 bridgehead atoms. The molecule has 4 rings (SSSR count). The van der Waals surface area contributed by atoms with Gasteiger partial charge in [0, 0.05) is 24.9 Å². The van der Waals surface area contributed by atoms with Crippen molar-refractivity contribution < 1.29 is 4.79 Å². The molecule has 0 radical (unpaired) electrons. The monoisotopic (exact) mass is 327 g/mol. The Bertz CT molecular complexity index is 804. The molecule has 0 saturated carbocycles. The van der Waals surface area contributed by atoms with Crippen LogP contribution in [0.1, 0.15) is 23.1 Å². The smallest absolute Gasteiger partial charge is 0.224 e. The number of amides is 1. The molecule has 0 atom stereocenters. The number of benzene rings is 3. The van der Waals surface area contributed by atoms with Gasteiger partial charge in [0.25, 0.3) is 0 Å². The Morgan fingerprint density at radius 3 is 1.72 bits per heavy atom. The zero-order chi connectivity index (χ0) is 17.1. The van der Waals surface area contributed by atoms with Gasteiger partial charge in [-0.1, -0.05) is 91.0 Å². The molecule has 1 aliphatic heterocycles. The molecule has 1 fully saturated rings. The second-order valence-corrected chi connectivity index (χ2v) is 6.73. The topological polar surface area (TPSA) is 20.3 Å². The van der Waals surface area contributed by atoms with Gasteiger partial charge in [-0.15, -0.1) is 0 Å². The van der Waals surface area contributed by atoms with E-state index < -0.39 is 0 Å². The zero-order valence-corrected chi connectivity index (χ0v) is 14.1. The minimum atomic E-state index is -0.269. The van der Waals surface area contributed by atoms with Crippen LogP contribution < -0.4 is 0 Å². The van der Waals surface area contributed by atoms with E-state index in [2.05, 4.69) is 60.7 Å². The maximum absolute atomic E-state index is 12.9. The van der Waals surface area contributed by atoms with Crippen molar-refractivity contribution >= 4 is 5.91 Å². The van der Waals surface area contributed by atoms with E-state index in [1.807, 2.05) is 35.2 Å². The maximum Gasteiger partial charge on any atom is 0.224 e. The predicted octanol–water partition coefficient (Wildman–Crippen LogP) is 4.41. The molecule has 1 aliphatic rings. The Balaban J connectivity index is 1.72. The highest BCUT2D eigenvalue weighted by Crippen LogP contribution is 2.41. The number of carbonyl (C=O) groups is 1. The van der Waals surface area contributed by atoms with Crippen molar-refractivity contribution in [3.05, 3.63) is 108 Å². The minimum Gasteiger partial charge on any atom is -0.337 e. The number of hydrogen-bond acceptors (Lipinski definition) is 1.